The number of aromatic nitrogens is 10. The molecule has 0 atom stereocenters. The van der Waals surface area contributed by atoms with Crippen LogP contribution in [-0.2, 0) is 86.5 Å². The van der Waals surface area contributed by atoms with E-state index in [2.05, 4.69) is 334 Å². The van der Waals surface area contributed by atoms with E-state index in [0.29, 0.717) is 53.3 Å². The molecule has 15 heterocycles. The minimum absolute atomic E-state index is 0.229. The Morgan fingerprint density at radius 1 is 0.296 bits per heavy atom. The monoisotopic (exact) mass is 1900 g/mol. The van der Waals surface area contributed by atoms with E-state index in [9.17, 15) is 0 Å². The van der Waals surface area contributed by atoms with Crippen molar-refractivity contribution in [1.82, 2.24) is 24.9 Å². The van der Waals surface area contributed by atoms with Gasteiger partial charge in [-0.2, -0.15) is 0 Å². The van der Waals surface area contributed by atoms with Crippen molar-refractivity contribution < 1.29 is 55.9 Å². The number of nitrogens with zero attached hydrogens (tertiary/aromatic N) is 10. The van der Waals surface area contributed by atoms with Crippen LogP contribution in [0, 0.1) is 41.5 Å². The first kappa shape index (κ1) is 89.9. The summed E-state index contributed by atoms with van der Waals surface area (Å²) in [6, 6.07) is 52.8. The third kappa shape index (κ3) is 19.1. The molecule has 15 aromatic heterocycles. The van der Waals surface area contributed by atoms with Gasteiger partial charge in [-0.15, -0.1) is 0 Å². The van der Waals surface area contributed by atoms with Gasteiger partial charge in [0, 0.05) is 151 Å². The summed E-state index contributed by atoms with van der Waals surface area (Å²) in [5, 5.41) is 10.5. The summed E-state index contributed by atoms with van der Waals surface area (Å²) in [6.07, 6.45) is 16.7. The highest BCUT2D eigenvalue weighted by Crippen LogP contribution is 2.46. The van der Waals surface area contributed by atoms with Gasteiger partial charge in [-0.3, -0.25) is 0 Å². The first-order valence-corrected chi connectivity index (χ1v) is 51.4. The minimum atomic E-state index is -2.28. The van der Waals surface area contributed by atoms with Crippen molar-refractivity contribution >= 4 is 110 Å². The molecule has 0 aliphatic heterocycles. The zero-order valence-corrected chi connectivity index (χ0v) is 88.8. The van der Waals surface area contributed by atoms with Crippen molar-refractivity contribution in [3.8, 4) is 56.3 Å². The van der Waals surface area contributed by atoms with Gasteiger partial charge in [0.05, 0.1) is 27.8 Å². The van der Waals surface area contributed by atoms with Gasteiger partial charge < -0.3 is 22.1 Å². The number of pyridine rings is 10. The number of furan rings is 5. The lowest BCUT2D eigenvalue weighted by molar-refractivity contribution is -0.661. The fourth-order valence-electron chi connectivity index (χ4n) is 20.9. The van der Waals surface area contributed by atoms with E-state index in [0.717, 1.165) is 246 Å². The Morgan fingerprint density at radius 2 is 0.556 bits per heavy atom. The fourth-order valence-corrected chi connectivity index (χ4v) is 20.9. The molecule has 0 N–H and O–H groups in total. The van der Waals surface area contributed by atoms with E-state index in [1.165, 1.54) is 55.9 Å². The minimum Gasteiger partial charge on any atom is -0.437 e. The van der Waals surface area contributed by atoms with Gasteiger partial charge >= 0.3 is 0 Å². The van der Waals surface area contributed by atoms with E-state index in [1.807, 2.05) is 50.8 Å². The highest BCUT2D eigenvalue weighted by atomic mass is 16.4. The summed E-state index contributed by atoms with van der Waals surface area (Å²) in [6.45, 7) is 45.8. The van der Waals surface area contributed by atoms with Crippen molar-refractivity contribution in [2.45, 2.75) is 279 Å². The molecule has 20 aromatic rings. The maximum Gasteiger partial charge on any atom is 0.227 e. The first-order chi connectivity index (χ1) is 71.1. The lowest BCUT2D eigenvalue weighted by atomic mass is 9.91. The van der Waals surface area contributed by atoms with Gasteiger partial charge in [-0.25, -0.2) is 47.8 Å². The predicted molar refractivity (Wildman–Crippen MR) is 586 cm³/mol. The molecule has 1 saturated carbocycles. The predicted octanol–water partition coefficient (Wildman–Crippen LogP) is 31.0. The summed E-state index contributed by atoms with van der Waals surface area (Å²) in [7, 11) is 10.2. The summed E-state index contributed by atoms with van der Waals surface area (Å²) >= 11 is 0. The zero-order chi connectivity index (χ0) is 108. The van der Waals surface area contributed by atoms with Crippen LogP contribution in [0.3, 0.4) is 0 Å². The average Bonchev–Trinajstić information content (AvgIpc) is 1.77. The van der Waals surface area contributed by atoms with Crippen molar-refractivity contribution in [3.63, 3.8) is 0 Å². The Morgan fingerprint density at radius 3 is 0.824 bits per heavy atom. The summed E-state index contributed by atoms with van der Waals surface area (Å²) in [5.74, 6) is 0.587. The standard InChI is InChI=1S/C27H31N2O.C26H31N2O.2C25H29N2O.C24H27N2O/c1-16(2)23-13-12-21-20-11-10-17(3)25(26(20)30-27(21)28-23)24-14-22(18(4)15-29(24)5)19-8-6-7-9-19;1-8-18-13-23(28(7)14-21(18)15(2)3)24-17(6)9-10-19-20-11-12-22(16(4)5)27-26(20)29-25(19)24;1-7-17-13-22(27(6)14-21(17)15(3)4)23-16(5)9-11-19-20-12-10-18(8-2)26-25(20)28-24(19)23;1-7-17-13-22(27(6)14-18(17)8-2)23-16(5)9-10-19-20-11-12-21(15(3)4)26-25(20)28-24(19)23;1-6-16-13-21(26(5)14-17(16)7-2)22-15(4)9-11-19-20-12-10-18(8-3)25-24(20)27-23(19)22/h10-16,19H,6-9H2,1-5H3;9-16H,8H2,1-7H3;2*9-15H,7-8H2,1-6H3;9-14H,6-8H2,1-5H3/q5*+1/i4D3,19D;8D2;7D2;;. The SMILES string of the molecule is CCc1cc(-c2c(C)ccc3c2oc2nc(C(C)C)ccc23)[n+](C)cc1CC.CCc1ccc2c(n1)oc1c(-c3cc(CC)c(CC)c[n+]3C)c(C)ccc12.[2H]C([2H])(C)c1cc(-c2c(C)ccc3c2oc2nc(C(C)C)ccc23)[n+](C)cc1C(C)C.[2H]C([2H])(C)c1cc(-c2c(C)ccc3c2oc2nc(CC)ccc23)[n+](C)cc1C(C)C.[2H]C([2H])([2H])c1c[n+](C)c(-c2c(C)ccc3c2oc2nc(C(C)C)ccc23)cc1C1([2H])CCCC1. The van der Waals surface area contributed by atoms with Gasteiger partial charge in [0.1, 0.15) is 35.2 Å². The molecular weight excluding hydrogens is 1750 g/mol. The van der Waals surface area contributed by atoms with E-state index in [-0.39, 0.29) is 17.4 Å². The Bertz CT molecular complexity index is 8630. The Labute approximate surface area is 850 Å². The fraction of sp³-hybridized carbons (Fsp3) is 0.370. The molecule has 15 heteroatoms. The molecule has 1 aliphatic carbocycles. The van der Waals surface area contributed by atoms with Crippen LogP contribution in [-0.4, -0.2) is 24.9 Å². The Balaban J connectivity index is 0.000000128. The molecule has 1 fully saturated rings. The highest BCUT2D eigenvalue weighted by Gasteiger charge is 2.33. The van der Waals surface area contributed by atoms with Crippen LogP contribution >= 0.6 is 0 Å². The summed E-state index contributed by atoms with van der Waals surface area (Å²) < 4.78 is 109. The quantitative estimate of drug-likeness (QED) is 0.0716. The number of benzene rings is 5. The van der Waals surface area contributed by atoms with Gasteiger partial charge in [-0.05, 0) is 257 Å². The van der Waals surface area contributed by atoms with E-state index < -0.39 is 25.5 Å². The second kappa shape index (κ2) is 41.6. The van der Waals surface area contributed by atoms with Crippen molar-refractivity contribution in [3.05, 3.63) is 295 Å². The van der Waals surface area contributed by atoms with Gasteiger partial charge in [0.25, 0.3) is 0 Å². The molecule has 0 saturated heterocycles. The molecule has 730 valence electrons. The van der Waals surface area contributed by atoms with Crippen LogP contribution in [0.2, 0.25) is 0 Å². The van der Waals surface area contributed by atoms with Crippen LogP contribution in [0.5, 0.6) is 0 Å². The molecule has 0 amide bonds. The summed E-state index contributed by atoms with van der Waals surface area (Å²) in [4.78, 5) is 23.7. The highest BCUT2D eigenvalue weighted by molar-refractivity contribution is 6.13. The normalized spacial score (nSPS) is 13.9. The topological polar surface area (TPSA) is 150 Å². The Hall–Kier alpha value is -13.4. The molecule has 15 nitrogen and oxygen atoms in total. The smallest absolute Gasteiger partial charge is 0.227 e. The first-order valence-electron chi connectivity index (χ1n) is 55.4. The molecule has 5 aromatic carbocycles. The van der Waals surface area contributed by atoms with Crippen molar-refractivity contribution in [2.24, 2.45) is 35.2 Å². The van der Waals surface area contributed by atoms with Crippen molar-refractivity contribution in [1.29, 1.82) is 0 Å². The lowest BCUT2D eigenvalue weighted by Gasteiger charge is -2.14. The number of hydrogen-bond donors (Lipinski definition) is 0. The lowest BCUT2D eigenvalue weighted by Crippen LogP contribution is -2.32. The van der Waals surface area contributed by atoms with Crippen LogP contribution in [0.4, 0.5) is 0 Å². The van der Waals surface area contributed by atoms with Crippen LogP contribution < -0.4 is 22.8 Å². The van der Waals surface area contributed by atoms with Crippen LogP contribution in [0.1, 0.15) is 309 Å². The third-order valence-electron chi connectivity index (χ3n) is 29.2. The maximum absolute atomic E-state index is 9.15. The van der Waals surface area contributed by atoms with Gasteiger partial charge in [0.2, 0.25) is 57.0 Å². The van der Waals surface area contributed by atoms with Crippen LogP contribution in [0.15, 0.2) is 205 Å². The largest absolute Gasteiger partial charge is 0.437 e. The molecule has 1 aliphatic rings. The van der Waals surface area contributed by atoms with Crippen molar-refractivity contribution in [2.75, 3.05) is 0 Å². The molecule has 0 radical (unpaired) electrons. The second-order valence-electron chi connectivity index (χ2n) is 40.5. The number of aryl methyl sites for hydroxylation is 19. The molecule has 21 rings (SSSR count). The molecule has 0 spiro atoms. The van der Waals surface area contributed by atoms with E-state index in [4.69, 9.17) is 53.0 Å². The molecule has 142 heavy (non-hydrogen) atoms. The Kier molecular flexibility index (Phi) is 26.4. The third-order valence-corrected chi connectivity index (χ3v) is 29.2. The van der Waals surface area contributed by atoms with Gasteiger partial charge in [0.15, 0.2) is 58.9 Å². The second-order valence-corrected chi connectivity index (χ2v) is 40.5. The average molecular weight is 1900 g/mol. The van der Waals surface area contributed by atoms with Crippen LogP contribution in [0.25, 0.3) is 167 Å². The molecule has 0 bridgehead atoms. The number of fused-ring (bicyclic) bond motifs is 15. The van der Waals surface area contributed by atoms with Gasteiger partial charge in [-0.1, -0.05) is 198 Å². The molecule has 0 unspecified atom stereocenters. The number of rotatable bonds is 19. The zero-order valence-electron chi connectivity index (χ0n) is 96.8. The van der Waals surface area contributed by atoms with E-state index in [1.54, 1.807) is 20.0 Å². The molecular formula is C127H147N10O5+5. The maximum atomic E-state index is 9.15. The number of hydrogen-bond acceptors (Lipinski definition) is 10. The summed E-state index contributed by atoms with van der Waals surface area (Å²) in [5.41, 5.74) is 38.8. The van der Waals surface area contributed by atoms with E-state index >= 15 is 0 Å².